The normalized spacial score (nSPS) is 12.2. The molecule has 0 aliphatic rings. The van der Waals surface area contributed by atoms with E-state index in [1.54, 1.807) is 25.1 Å². The van der Waals surface area contributed by atoms with Crippen molar-refractivity contribution >= 4 is 27.5 Å². The van der Waals surface area contributed by atoms with Gasteiger partial charge in [-0.2, -0.15) is 0 Å². The van der Waals surface area contributed by atoms with Crippen LogP contribution in [-0.2, 0) is 32.6 Å². The molecule has 0 saturated heterocycles. The molecule has 3 aromatic carbocycles. The summed E-state index contributed by atoms with van der Waals surface area (Å²) in [6.45, 7) is 8.02. The van der Waals surface area contributed by atoms with Gasteiger partial charge in [0, 0.05) is 19.5 Å². The van der Waals surface area contributed by atoms with Crippen molar-refractivity contribution in [3.63, 3.8) is 0 Å². The van der Waals surface area contributed by atoms with E-state index in [0.717, 1.165) is 32.8 Å². The minimum absolute atomic E-state index is 0.164. The summed E-state index contributed by atoms with van der Waals surface area (Å²) in [7, 11) is -3.79. The van der Waals surface area contributed by atoms with Crippen molar-refractivity contribution in [2.75, 3.05) is 23.7 Å². The van der Waals surface area contributed by atoms with Gasteiger partial charge in [0.15, 0.2) is 0 Å². The van der Waals surface area contributed by atoms with Gasteiger partial charge in [0.25, 0.3) is 0 Å². The number of nitrogens with zero attached hydrogens (tertiary/aromatic N) is 2. The summed E-state index contributed by atoms with van der Waals surface area (Å²) in [5.74, 6) is -0.492. The van der Waals surface area contributed by atoms with Gasteiger partial charge >= 0.3 is 0 Å². The number of rotatable bonds is 12. The molecule has 0 spiro atoms. The van der Waals surface area contributed by atoms with Crippen molar-refractivity contribution in [1.82, 2.24) is 10.2 Å². The zero-order chi connectivity index (χ0) is 28.6. The van der Waals surface area contributed by atoms with Gasteiger partial charge in [-0.15, -0.1) is 0 Å². The molecule has 3 aromatic rings. The predicted octanol–water partition coefficient (Wildman–Crippen LogP) is 4.48. The Labute approximate surface area is 232 Å². The van der Waals surface area contributed by atoms with Crippen LogP contribution in [0, 0.1) is 19.8 Å². The van der Waals surface area contributed by atoms with E-state index in [0.29, 0.717) is 18.7 Å². The number of benzene rings is 3. The molecule has 0 aromatic heterocycles. The Bertz CT molecular complexity index is 1360. The second-order valence-corrected chi connectivity index (χ2v) is 12.3. The Morgan fingerprint density at radius 2 is 1.46 bits per heavy atom. The van der Waals surface area contributed by atoms with E-state index in [-0.39, 0.29) is 18.4 Å². The Balaban J connectivity index is 2.05. The zero-order valence-corrected chi connectivity index (χ0v) is 24.2. The van der Waals surface area contributed by atoms with Crippen molar-refractivity contribution in [3.8, 4) is 0 Å². The number of carbonyl (C=O) groups excluding carboxylic acids is 2. The maximum atomic E-state index is 14.1. The van der Waals surface area contributed by atoms with Gasteiger partial charge in [-0.1, -0.05) is 92.2 Å². The zero-order valence-electron chi connectivity index (χ0n) is 23.4. The highest BCUT2D eigenvalue weighted by Gasteiger charge is 2.33. The molecule has 0 aliphatic carbocycles. The number of sulfonamides is 1. The summed E-state index contributed by atoms with van der Waals surface area (Å²) in [5.41, 5.74) is 4.01. The fraction of sp³-hybridized carbons (Fsp3) is 0.355. The number of amides is 2. The smallest absolute Gasteiger partial charge is 0.244 e. The number of hydrogen-bond acceptors (Lipinski definition) is 4. The molecule has 3 rings (SSSR count). The highest BCUT2D eigenvalue weighted by atomic mass is 32.2. The van der Waals surface area contributed by atoms with Crippen molar-refractivity contribution in [3.05, 3.63) is 101 Å². The number of nitrogens with one attached hydrogen (secondary N) is 1. The Morgan fingerprint density at radius 1 is 0.846 bits per heavy atom. The molecular weight excluding hydrogens is 510 g/mol. The molecule has 1 N–H and O–H groups in total. The number of anilines is 1. The van der Waals surface area contributed by atoms with Gasteiger partial charge in [0.05, 0.1) is 11.9 Å². The average molecular weight is 550 g/mol. The van der Waals surface area contributed by atoms with Crippen LogP contribution in [0.15, 0.2) is 78.9 Å². The highest BCUT2D eigenvalue weighted by Crippen LogP contribution is 2.23. The average Bonchev–Trinajstić information content (AvgIpc) is 2.89. The second kappa shape index (κ2) is 13.4. The van der Waals surface area contributed by atoms with E-state index in [4.69, 9.17) is 0 Å². The lowest BCUT2D eigenvalue weighted by Crippen LogP contribution is -2.53. The lowest BCUT2D eigenvalue weighted by atomic mass is 10.0. The lowest BCUT2D eigenvalue weighted by molar-refractivity contribution is -0.140. The maximum absolute atomic E-state index is 14.1. The molecular formula is C31H39N3O4S. The summed E-state index contributed by atoms with van der Waals surface area (Å²) < 4.78 is 26.9. The largest absolute Gasteiger partial charge is 0.354 e. The molecule has 8 heteroatoms. The predicted molar refractivity (Wildman–Crippen MR) is 157 cm³/mol. The van der Waals surface area contributed by atoms with Crippen LogP contribution in [0.3, 0.4) is 0 Å². The fourth-order valence-electron chi connectivity index (χ4n) is 4.30. The maximum Gasteiger partial charge on any atom is 0.244 e. The number of hydrogen-bond donors (Lipinski definition) is 1. The van der Waals surface area contributed by atoms with Crippen LogP contribution >= 0.6 is 0 Å². The Hall–Kier alpha value is -3.65. The van der Waals surface area contributed by atoms with Crippen molar-refractivity contribution < 1.29 is 18.0 Å². The topological polar surface area (TPSA) is 86.8 Å². The molecule has 0 heterocycles. The van der Waals surface area contributed by atoms with Crippen LogP contribution in [0.2, 0.25) is 0 Å². The lowest BCUT2D eigenvalue weighted by Gasteiger charge is -2.34. The summed E-state index contributed by atoms with van der Waals surface area (Å²) in [6, 6.07) is 23.5. The minimum atomic E-state index is -3.79. The van der Waals surface area contributed by atoms with Gasteiger partial charge in [-0.3, -0.25) is 13.9 Å². The van der Waals surface area contributed by atoms with Crippen LogP contribution < -0.4 is 9.62 Å². The number of carbonyl (C=O) groups is 2. The molecule has 7 nitrogen and oxygen atoms in total. The number of aryl methyl sites for hydroxylation is 2. The SMILES string of the molecule is Cc1ccc(CN(C(=O)CN(c2ccccc2C)S(C)(=O)=O)[C@H](Cc2ccccc2)C(=O)NCC(C)C)cc1. The van der Waals surface area contributed by atoms with Gasteiger partial charge in [0.2, 0.25) is 21.8 Å². The van der Waals surface area contributed by atoms with E-state index in [1.165, 1.54) is 4.90 Å². The van der Waals surface area contributed by atoms with E-state index in [9.17, 15) is 18.0 Å². The van der Waals surface area contributed by atoms with E-state index >= 15 is 0 Å². The third-order valence-corrected chi connectivity index (χ3v) is 7.62. The standard InChI is InChI=1S/C31H39N3O4S/c1-23(2)20-32-31(36)29(19-26-12-7-6-8-13-26)33(21-27-17-15-24(3)16-18-27)30(35)22-34(39(5,37)38)28-14-10-9-11-25(28)4/h6-18,23,29H,19-22H2,1-5H3,(H,32,36)/t29-/m1/s1. The van der Waals surface area contributed by atoms with Crippen LogP contribution in [0.1, 0.15) is 36.1 Å². The van der Waals surface area contributed by atoms with Crippen molar-refractivity contribution in [2.24, 2.45) is 5.92 Å². The fourth-order valence-corrected chi connectivity index (χ4v) is 5.21. The third kappa shape index (κ3) is 8.68. The summed E-state index contributed by atoms with van der Waals surface area (Å²) >= 11 is 0. The highest BCUT2D eigenvalue weighted by molar-refractivity contribution is 7.92. The van der Waals surface area contributed by atoms with Crippen molar-refractivity contribution in [1.29, 1.82) is 0 Å². The van der Waals surface area contributed by atoms with Gasteiger partial charge in [-0.05, 0) is 42.5 Å². The first kappa shape index (κ1) is 29.9. The molecule has 208 valence electrons. The quantitative estimate of drug-likeness (QED) is 0.361. The summed E-state index contributed by atoms with van der Waals surface area (Å²) in [4.78, 5) is 29.2. The first-order valence-electron chi connectivity index (χ1n) is 13.2. The number of para-hydroxylation sites is 1. The van der Waals surface area contributed by atoms with Gasteiger partial charge in [-0.25, -0.2) is 8.42 Å². The first-order chi connectivity index (χ1) is 18.5. The molecule has 0 aliphatic heterocycles. The van der Waals surface area contributed by atoms with E-state index in [2.05, 4.69) is 5.32 Å². The van der Waals surface area contributed by atoms with Crippen LogP contribution in [0.5, 0.6) is 0 Å². The molecule has 39 heavy (non-hydrogen) atoms. The summed E-state index contributed by atoms with van der Waals surface area (Å²) in [6.07, 6.45) is 1.39. The molecule has 0 bridgehead atoms. The van der Waals surface area contributed by atoms with Gasteiger partial charge in [0.1, 0.15) is 12.6 Å². The van der Waals surface area contributed by atoms with E-state index < -0.39 is 28.5 Å². The van der Waals surface area contributed by atoms with Crippen LogP contribution in [-0.4, -0.2) is 50.5 Å². The molecule has 0 fully saturated rings. The second-order valence-electron chi connectivity index (χ2n) is 10.4. The molecule has 0 radical (unpaired) electrons. The Kier molecular flexibility index (Phi) is 10.3. The van der Waals surface area contributed by atoms with Crippen molar-refractivity contribution in [2.45, 2.75) is 46.7 Å². The first-order valence-corrected chi connectivity index (χ1v) is 15.0. The molecule has 0 saturated carbocycles. The summed E-state index contributed by atoms with van der Waals surface area (Å²) in [5, 5.41) is 2.99. The molecule has 1 atom stereocenters. The van der Waals surface area contributed by atoms with Gasteiger partial charge < -0.3 is 10.2 Å². The molecule has 0 unspecified atom stereocenters. The monoisotopic (exact) mass is 549 g/mol. The van der Waals surface area contributed by atoms with Crippen LogP contribution in [0.4, 0.5) is 5.69 Å². The van der Waals surface area contributed by atoms with Crippen LogP contribution in [0.25, 0.3) is 0 Å². The minimum Gasteiger partial charge on any atom is -0.354 e. The third-order valence-electron chi connectivity index (χ3n) is 6.49. The van der Waals surface area contributed by atoms with E-state index in [1.807, 2.05) is 81.4 Å². The molecule has 2 amide bonds. The Morgan fingerprint density at radius 3 is 2.05 bits per heavy atom.